The molecule has 2 heterocycles. The van der Waals surface area contributed by atoms with E-state index in [2.05, 4.69) is 107 Å². The van der Waals surface area contributed by atoms with E-state index in [1.54, 1.807) is 14.2 Å². The second-order valence-corrected chi connectivity index (χ2v) is 8.70. The van der Waals surface area contributed by atoms with Gasteiger partial charge in [-0.3, -0.25) is 0 Å². The molecule has 0 amide bonds. The molecule has 0 aliphatic carbocycles. The fraction of sp³-hybridized carbons (Fsp3) is 0.133. The minimum atomic E-state index is -0.361. The molecule has 0 N–H and O–H groups in total. The molecule has 0 saturated heterocycles. The van der Waals surface area contributed by atoms with Gasteiger partial charge in [-0.1, -0.05) is 61.2 Å². The molecule has 0 spiro atoms. The molecular weight excluding hydrogens is 431 g/mol. The first-order valence-electron chi connectivity index (χ1n) is 11.8. The second-order valence-electron chi connectivity index (χ2n) is 8.70. The van der Waals surface area contributed by atoms with Crippen LogP contribution < -0.4 is 14.6 Å². The molecule has 4 nitrogen and oxygen atoms in total. The third kappa shape index (κ3) is 4.74. The van der Waals surface area contributed by atoms with Crippen LogP contribution in [0.2, 0.25) is 0 Å². The van der Waals surface area contributed by atoms with Crippen LogP contribution in [0.3, 0.4) is 0 Å². The highest BCUT2D eigenvalue weighted by Crippen LogP contribution is 2.21. The summed E-state index contributed by atoms with van der Waals surface area (Å²) < 4.78 is 15.5. The number of hydrogen-bond acceptors (Lipinski definition) is 2. The van der Waals surface area contributed by atoms with Crippen molar-refractivity contribution in [1.29, 1.82) is 0 Å². The topological polar surface area (TPSA) is 26.2 Å². The van der Waals surface area contributed by atoms with Crippen molar-refractivity contribution in [1.82, 2.24) is 0 Å². The number of pyridine rings is 2. The lowest BCUT2D eigenvalue weighted by atomic mass is 9.78. The van der Waals surface area contributed by atoms with E-state index in [1.165, 1.54) is 32.9 Å². The first-order valence-corrected chi connectivity index (χ1v) is 11.8. The molecule has 0 fully saturated rings. The van der Waals surface area contributed by atoms with Crippen molar-refractivity contribution >= 4 is 40.5 Å². The SMILES string of the molecule is C=Cc1ccc(C[n+]2cccc3c4ccc[n+](Cc5cccc(B(OC)OC)c5)c4ccc32)cc1. The van der Waals surface area contributed by atoms with E-state index < -0.39 is 0 Å². The predicted octanol–water partition coefficient (Wildman–Crippen LogP) is 4.30. The summed E-state index contributed by atoms with van der Waals surface area (Å²) in [5.41, 5.74) is 7.04. The van der Waals surface area contributed by atoms with Gasteiger partial charge in [0.05, 0.1) is 10.8 Å². The summed E-state index contributed by atoms with van der Waals surface area (Å²) in [4.78, 5) is 0. The zero-order valence-corrected chi connectivity index (χ0v) is 20.2. The number of aromatic nitrogens is 2. The minimum Gasteiger partial charge on any atom is -0.410 e. The quantitative estimate of drug-likeness (QED) is 0.196. The summed E-state index contributed by atoms with van der Waals surface area (Å²) in [7, 11) is 2.96. The van der Waals surface area contributed by atoms with Gasteiger partial charge in [0, 0.05) is 49.6 Å². The Balaban J connectivity index is 1.51. The van der Waals surface area contributed by atoms with E-state index >= 15 is 0 Å². The molecule has 0 unspecified atom stereocenters. The molecule has 5 aromatic rings. The molecule has 0 aliphatic heterocycles. The van der Waals surface area contributed by atoms with Crippen molar-refractivity contribution in [3.8, 4) is 0 Å². The van der Waals surface area contributed by atoms with Crippen LogP contribution in [0, 0.1) is 0 Å². The molecular formula is C30H29BN2O2+2. The second kappa shape index (κ2) is 10.2. The molecule has 5 rings (SSSR count). The van der Waals surface area contributed by atoms with Gasteiger partial charge in [-0.05, 0) is 23.2 Å². The van der Waals surface area contributed by atoms with E-state index in [4.69, 9.17) is 9.31 Å². The fourth-order valence-corrected chi connectivity index (χ4v) is 4.75. The highest BCUT2D eigenvalue weighted by Gasteiger charge is 2.20. The van der Waals surface area contributed by atoms with E-state index in [1.807, 2.05) is 12.1 Å². The van der Waals surface area contributed by atoms with Gasteiger partial charge < -0.3 is 9.31 Å². The van der Waals surface area contributed by atoms with Crippen LogP contribution in [-0.4, -0.2) is 21.3 Å². The Morgan fingerprint density at radius 2 is 1.31 bits per heavy atom. The molecule has 5 heteroatoms. The lowest BCUT2D eigenvalue weighted by Crippen LogP contribution is -2.38. The van der Waals surface area contributed by atoms with Gasteiger partial charge in [0.25, 0.3) is 0 Å². The smallest absolute Gasteiger partial charge is 0.410 e. The van der Waals surface area contributed by atoms with Gasteiger partial charge in [-0.15, -0.1) is 0 Å². The van der Waals surface area contributed by atoms with Crippen LogP contribution in [0.15, 0.2) is 104 Å². The summed E-state index contributed by atoms with van der Waals surface area (Å²) >= 11 is 0. The van der Waals surface area contributed by atoms with Gasteiger partial charge in [0.1, 0.15) is 0 Å². The number of benzene rings is 3. The molecule has 0 radical (unpaired) electrons. The number of hydrogen-bond donors (Lipinski definition) is 0. The van der Waals surface area contributed by atoms with Crippen LogP contribution in [-0.2, 0) is 22.4 Å². The van der Waals surface area contributed by atoms with E-state index in [0.29, 0.717) is 0 Å². The van der Waals surface area contributed by atoms with Gasteiger partial charge in [0.15, 0.2) is 25.5 Å². The Morgan fingerprint density at radius 3 is 1.89 bits per heavy atom. The van der Waals surface area contributed by atoms with Crippen molar-refractivity contribution in [2.45, 2.75) is 13.1 Å². The predicted molar refractivity (Wildman–Crippen MR) is 142 cm³/mol. The maximum absolute atomic E-state index is 5.44. The largest absolute Gasteiger partial charge is 0.493 e. The standard InChI is InChI=1S/C30H29BN2O2/c1-4-23-12-14-24(15-13-23)21-32-18-6-10-27-28-11-7-19-33(30(28)17-16-29(27)32)22-25-8-5-9-26(20-25)31(34-2)35-3/h4-20H,1,21-22H2,2-3H3/q+2. The van der Waals surface area contributed by atoms with Gasteiger partial charge >= 0.3 is 7.12 Å². The van der Waals surface area contributed by atoms with Gasteiger partial charge in [-0.25, -0.2) is 0 Å². The van der Waals surface area contributed by atoms with E-state index in [0.717, 1.165) is 24.1 Å². The monoisotopic (exact) mass is 460 g/mol. The van der Waals surface area contributed by atoms with Crippen LogP contribution in [0.4, 0.5) is 0 Å². The highest BCUT2D eigenvalue weighted by atomic mass is 16.6. The Morgan fingerprint density at radius 1 is 0.714 bits per heavy atom. The van der Waals surface area contributed by atoms with Crippen molar-refractivity contribution < 1.29 is 18.4 Å². The Kier molecular flexibility index (Phi) is 6.71. The zero-order chi connectivity index (χ0) is 24.2. The Hall–Kier alpha value is -3.80. The summed E-state index contributed by atoms with van der Waals surface area (Å²) in [5, 5.41) is 2.49. The Bertz CT molecular complexity index is 1490. The van der Waals surface area contributed by atoms with Crippen LogP contribution in [0.5, 0.6) is 0 Å². The van der Waals surface area contributed by atoms with Crippen LogP contribution in [0.1, 0.15) is 16.7 Å². The van der Waals surface area contributed by atoms with Gasteiger partial charge in [0.2, 0.25) is 11.0 Å². The summed E-state index contributed by atoms with van der Waals surface area (Å²) in [6, 6.07) is 30.1. The molecule has 172 valence electrons. The summed E-state index contributed by atoms with van der Waals surface area (Å²) in [5.74, 6) is 0. The third-order valence-corrected chi connectivity index (χ3v) is 6.49. The highest BCUT2D eigenvalue weighted by molar-refractivity contribution is 6.61. The number of rotatable bonds is 8. The molecule has 0 bridgehead atoms. The summed E-state index contributed by atoms with van der Waals surface area (Å²) in [6.07, 6.45) is 6.17. The number of nitrogens with zero attached hydrogens (tertiary/aromatic N) is 2. The normalized spacial score (nSPS) is 11.1. The molecule has 3 aromatic carbocycles. The van der Waals surface area contributed by atoms with Crippen molar-refractivity contribution in [3.05, 3.63) is 121 Å². The lowest BCUT2D eigenvalue weighted by molar-refractivity contribution is -0.664. The maximum Gasteiger partial charge on any atom is 0.493 e. The summed E-state index contributed by atoms with van der Waals surface area (Å²) in [6.45, 7) is 5.43. The van der Waals surface area contributed by atoms with Crippen molar-refractivity contribution in [2.75, 3.05) is 14.2 Å². The maximum atomic E-state index is 5.44. The molecule has 0 saturated carbocycles. The van der Waals surface area contributed by atoms with Crippen molar-refractivity contribution in [2.24, 2.45) is 0 Å². The first-order chi connectivity index (χ1) is 17.2. The fourth-order valence-electron chi connectivity index (χ4n) is 4.75. The minimum absolute atomic E-state index is 0.361. The lowest BCUT2D eigenvalue weighted by Gasteiger charge is -2.10. The molecule has 0 atom stereocenters. The average molecular weight is 460 g/mol. The molecule has 0 aliphatic rings. The van der Waals surface area contributed by atoms with Crippen molar-refractivity contribution in [3.63, 3.8) is 0 Å². The Labute approximate surface area is 206 Å². The van der Waals surface area contributed by atoms with E-state index in [9.17, 15) is 0 Å². The molecule has 35 heavy (non-hydrogen) atoms. The van der Waals surface area contributed by atoms with E-state index in [-0.39, 0.29) is 7.12 Å². The van der Waals surface area contributed by atoms with Crippen LogP contribution in [0.25, 0.3) is 27.9 Å². The average Bonchev–Trinajstić information content (AvgIpc) is 2.90. The first kappa shape index (κ1) is 23.0. The zero-order valence-electron chi connectivity index (χ0n) is 20.2. The van der Waals surface area contributed by atoms with Gasteiger partial charge in [-0.2, -0.15) is 9.13 Å². The molecule has 2 aromatic heterocycles. The number of fused-ring (bicyclic) bond motifs is 3. The third-order valence-electron chi connectivity index (χ3n) is 6.49. The van der Waals surface area contributed by atoms with Crippen LogP contribution >= 0.6 is 0 Å².